The molecule has 1 saturated heterocycles. The molecule has 1 aromatic carbocycles. The molecule has 33 heavy (non-hydrogen) atoms. The van der Waals surface area contributed by atoms with Crippen LogP contribution in [-0.2, 0) is 14.3 Å². The molecule has 2 N–H and O–H groups in total. The van der Waals surface area contributed by atoms with E-state index in [9.17, 15) is 14.4 Å². The van der Waals surface area contributed by atoms with Gasteiger partial charge in [-0.3, -0.25) is 9.59 Å². The number of hydrogen-bond donors (Lipinski definition) is 2. The van der Waals surface area contributed by atoms with Crippen LogP contribution in [-0.4, -0.2) is 48.5 Å². The van der Waals surface area contributed by atoms with Gasteiger partial charge in [0.2, 0.25) is 5.91 Å². The average molecular weight is 460 g/mol. The Labute approximate surface area is 198 Å². The van der Waals surface area contributed by atoms with Gasteiger partial charge in [0.15, 0.2) is 0 Å². The topological polar surface area (TPSA) is 87.7 Å². The van der Waals surface area contributed by atoms with Gasteiger partial charge in [-0.15, -0.1) is 0 Å². The quantitative estimate of drug-likeness (QED) is 0.507. The van der Waals surface area contributed by atoms with Crippen molar-refractivity contribution in [3.8, 4) is 0 Å². The molecule has 7 heteroatoms. The normalized spacial score (nSPS) is 15.5. The van der Waals surface area contributed by atoms with Gasteiger partial charge in [-0.25, -0.2) is 4.79 Å². The molecule has 1 aliphatic heterocycles. The van der Waals surface area contributed by atoms with Crippen molar-refractivity contribution in [2.75, 3.05) is 25.0 Å². The monoisotopic (exact) mass is 459 g/mol. The molecule has 0 spiro atoms. The Hall–Kier alpha value is -2.57. The molecule has 0 aromatic heterocycles. The number of para-hydroxylation sites is 1. The van der Waals surface area contributed by atoms with Gasteiger partial charge in [0, 0.05) is 18.8 Å². The first kappa shape index (κ1) is 26.7. The summed E-state index contributed by atoms with van der Waals surface area (Å²) < 4.78 is 5.12. The van der Waals surface area contributed by atoms with Gasteiger partial charge in [-0.05, 0) is 49.1 Å². The third kappa shape index (κ3) is 7.21. The highest BCUT2D eigenvalue weighted by Gasteiger charge is 2.32. The van der Waals surface area contributed by atoms with E-state index in [4.69, 9.17) is 4.74 Å². The fourth-order valence-electron chi connectivity index (χ4n) is 4.37. The zero-order valence-corrected chi connectivity index (χ0v) is 21.1. The molecule has 184 valence electrons. The number of amides is 3. The van der Waals surface area contributed by atoms with Crippen LogP contribution in [0.25, 0.3) is 0 Å². The molecule has 0 radical (unpaired) electrons. The number of benzene rings is 1. The maximum Gasteiger partial charge on any atom is 0.319 e. The lowest BCUT2D eigenvalue weighted by Gasteiger charge is -2.33. The van der Waals surface area contributed by atoms with Gasteiger partial charge in [0.1, 0.15) is 6.04 Å². The molecule has 1 fully saturated rings. The predicted octanol–water partition coefficient (Wildman–Crippen LogP) is 5.03. The van der Waals surface area contributed by atoms with E-state index < -0.39 is 6.04 Å². The van der Waals surface area contributed by atoms with E-state index in [-0.39, 0.29) is 35.7 Å². The van der Waals surface area contributed by atoms with Crippen LogP contribution >= 0.6 is 0 Å². The molecular formula is C26H41N3O4. The van der Waals surface area contributed by atoms with Crippen molar-refractivity contribution in [1.29, 1.82) is 0 Å². The van der Waals surface area contributed by atoms with Crippen molar-refractivity contribution in [3.63, 3.8) is 0 Å². The van der Waals surface area contributed by atoms with Crippen LogP contribution in [0.1, 0.15) is 90.2 Å². The fraction of sp³-hybridized carbons (Fsp3) is 0.654. The van der Waals surface area contributed by atoms with Crippen LogP contribution in [0, 0.1) is 5.92 Å². The van der Waals surface area contributed by atoms with E-state index in [0.29, 0.717) is 39.0 Å². The number of nitrogens with one attached hydrogen (secondary N) is 2. The van der Waals surface area contributed by atoms with Crippen LogP contribution < -0.4 is 10.6 Å². The number of carbonyl (C=O) groups is 3. The van der Waals surface area contributed by atoms with Crippen LogP contribution in [0.4, 0.5) is 10.5 Å². The lowest BCUT2D eigenvalue weighted by Crippen LogP contribution is -2.52. The van der Waals surface area contributed by atoms with Gasteiger partial charge < -0.3 is 20.3 Å². The second-order valence-corrected chi connectivity index (χ2v) is 9.41. The third-order valence-electron chi connectivity index (χ3n) is 6.22. The maximum atomic E-state index is 13.2. The van der Waals surface area contributed by atoms with Crippen molar-refractivity contribution in [2.45, 2.75) is 85.1 Å². The fourth-order valence-corrected chi connectivity index (χ4v) is 4.37. The summed E-state index contributed by atoms with van der Waals surface area (Å²) in [5.41, 5.74) is 2.99. The molecule has 0 saturated carbocycles. The van der Waals surface area contributed by atoms with Gasteiger partial charge in [-0.2, -0.15) is 0 Å². The first-order valence-corrected chi connectivity index (χ1v) is 12.3. The largest absolute Gasteiger partial charge is 0.466 e. The van der Waals surface area contributed by atoms with Crippen LogP contribution in [0.5, 0.6) is 0 Å². The molecule has 1 aromatic rings. The lowest BCUT2D eigenvalue weighted by atomic mass is 9.93. The molecule has 3 amide bonds. The predicted molar refractivity (Wildman–Crippen MR) is 131 cm³/mol. The number of rotatable bonds is 9. The summed E-state index contributed by atoms with van der Waals surface area (Å²) in [6.45, 7) is 13.6. The number of hydrogen-bond acceptors (Lipinski definition) is 4. The SMILES string of the molecule is CCCC(NC(=O)Nc1c(C(C)C)cccc1C(C)C)C(=O)N1CCC(C(=O)OCC)CC1. The Morgan fingerprint density at radius 3 is 2.09 bits per heavy atom. The molecule has 7 nitrogen and oxygen atoms in total. The number of likely N-dealkylation sites (tertiary alicyclic amines) is 1. The maximum absolute atomic E-state index is 13.2. The summed E-state index contributed by atoms with van der Waals surface area (Å²) in [5, 5.41) is 5.96. The van der Waals surface area contributed by atoms with Crippen LogP contribution in [0.2, 0.25) is 0 Å². The number of nitrogens with zero attached hydrogens (tertiary/aromatic N) is 1. The average Bonchev–Trinajstić information content (AvgIpc) is 2.78. The summed E-state index contributed by atoms with van der Waals surface area (Å²) in [6, 6.07) is 5.14. The van der Waals surface area contributed by atoms with E-state index in [2.05, 4.69) is 38.3 Å². The van der Waals surface area contributed by atoms with Gasteiger partial charge in [0.25, 0.3) is 0 Å². The molecule has 2 rings (SSSR count). The van der Waals surface area contributed by atoms with Crippen LogP contribution in [0.3, 0.4) is 0 Å². The molecule has 1 heterocycles. The number of carbonyl (C=O) groups excluding carboxylic acids is 3. The van der Waals surface area contributed by atoms with E-state index in [1.54, 1.807) is 11.8 Å². The Morgan fingerprint density at radius 1 is 1.03 bits per heavy atom. The second-order valence-electron chi connectivity index (χ2n) is 9.41. The van der Waals surface area contributed by atoms with E-state index in [1.807, 2.05) is 25.1 Å². The molecular weight excluding hydrogens is 418 g/mol. The summed E-state index contributed by atoms with van der Waals surface area (Å²) >= 11 is 0. The van der Waals surface area contributed by atoms with Crippen LogP contribution in [0.15, 0.2) is 18.2 Å². The Balaban J connectivity index is 2.07. The van der Waals surface area contributed by atoms with Gasteiger partial charge in [0.05, 0.1) is 12.5 Å². The molecule has 1 atom stereocenters. The van der Waals surface area contributed by atoms with Crippen molar-refractivity contribution in [1.82, 2.24) is 10.2 Å². The number of urea groups is 1. The zero-order chi connectivity index (χ0) is 24.5. The Morgan fingerprint density at radius 2 is 1.61 bits per heavy atom. The summed E-state index contributed by atoms with van der Waals surface area (Å²) in [4.78, 5) is 39.9. The summed E-state index contributed by atoms with van der Waals surface area (Å²) in [7, 11) is 0. The van der Waals surface area contributed by atoms with Crippen molar-refractivity contribution >= 4 is 23.6 Å². The van der Waals surface area contributed by atoms with Crippen molar-refractivity contribution in [2.24, 2.45) is 5.92 Å². The number of anilines is 1. The van der Waals surface area contributed by atoms with Gasteiger partial charge in [-0.1, -0.05) is 59.2 Å². The minimum Gasteiger partial charge on any atom is -0.466 e. The van der Waals surface area contributed by atoms with E-state index in [1.165, 1.54) is 0 Å². The minimum atomic E-state index is -0.595. The highest BCUT2D eigenvalue weighted by Crippen LogP contribution is 2.32. The molecule has 1 aliphatic rings. The van der Waals surface area contributed by atoms with E-state index in [0.717, 1.165) is 23.2 Å². The third-order valence-corrected chi connectivity index (χ3v) is 6.22. The van der Waals surface area contributed by atoms with Gasteiger partial charge >= 0.3 is 12.0 Å². The highest BCUT2D eigenvalue weighted by atomic mass is 16.5. The standard InChI is InChI=1S/C26H41N3O4/c1-7-10-22(24(30)29-15-13-19(14-16-29)25(31)33-8-2)27-26(32)28-23-20(17(3)4)11-9-12-21(23)18(5)6/h9,11-12,17-19,22H,7-8,10,13-16H2,1-6H3,(H2,27,28,32). The van der Waals surface area contributed by atoms with Crippen molar-refractivity contribution in [3.05, 3.63) is 29.3 Å². The Kier molecular flexibility index (Phi) is 10.2. The smallest absolute Gasteiger partial charge is 0.319 e. The minimum absolute atomic E-state index is 0.0875. The van der Waals surface area contributed by atoms with Crippen molar-refractivity contribution < 1.29 is 19.1 Å². The lowest BCUT2D eigenvalue weighted by molar-refractivity contribution is -0.151. The molecule has 0 bridgehead atoms. The summed E-state index contributed by atoms with van der Waals surface area (Å²) in [6.07, 6.45) is 2.52. The number of piperidine rings is 1. The number of ether oxygens (including phenoxy) is 1. The molecule has 0 aliphatic carbocycles. The number of esters is 1. The van der Waals surface area contributed by atoms with E-state index >= 15 is 0 Å². The first-order valence-electron chi connectivity index (χ1n) is 12.3. The summed E-state index contributed by atoms with van der Waals surface area (Å²) in [5.74, 6) is 0.0879. The first-order chi connectivity index (χ1) is 15.7. The zero-order valence-electron chi connectivity index (χ0n) is 21.1. The Bertz CT molecular complexity index is 788. The molecule has 1 unspecified atom stereocenters. The highest BCUT2D eigenvalue weighted by molar-refractivity contribution is 5.95. The second kappa shape index (κ2) is 12.6.